The lowest BCUT2D eigenvalue weighted by molar-refractivity contribution is -0.138. The Labute approximate surface area is 140 Å². The molecule has 2 aliphatic carbocycles. The molecule has 0 bridgehead atoms. The van der Waals surface area contributed by atoms with Gasteiger partial charge in [0.05, 0.1) is 22.7 Å². The van der Waals surface area contributed by atoms with Crippen LogP contribution >= 0.6 is 11.3 Å². The summed E-state index contributed by atoms with van der Waals surface area (Å²) < 4.78 is 0. The molecule has 0 unspecified atom stereocenters. The molecule has 23 heavy (non-hydrogen) atoms. The molecule has 2 saturated carbocycles. The van der Waals surface area contributed by atoms with Crippen LogP contribution in [0.1, 0.15) is 84.1 Å². The van der Waals surface area contributed by atoms with Crippen molar-refractivity contribution in [3.63, 3.8) is 0 Å². The maximum absolute atomic E-state index is 12.7. The van der Waals surface area contributed by atoms with Crippen molar-refractivity contribution in [1.29, 1.82) is 0 Å². The van der Waals surface area contributed by atoms with Gasteiger partial charge in [-0.05, 0) is 32.6 Å². The summed E-state index contributed by atoms with van der Waals surface area (Å²) >= 11 is 1.50. The van der Waals surface area contributed by atoms with E-state index in [1.165, 1.54) is 24.2 Å². The number of aromatic nitrogens is 1. The second kappa shape index (κ2) is 6.59. The first-order valence-electron chi connectivity index (χ1n) is 8.51. The SMILES string of the molecule is Cc1nc(C2CCCC2)sc1C(=O)NC1(CC(=O)O)CCCC1. The van der Waals surface area contributed by atoms with Crippen molar-refractivity contribution in [3.8, 4) is 0 Å². The minimum atomic E-state index is -0.847. The number of hydrogen-bond donors (Lipinski definition) is 2. The fourth-order valence-electron chi connectivity index (χ4n) is 3.96. The average molecular weight is 336 g/mol. The highest BCUT2D eigenvalue weighted by Crippen LogP contribution is 2.38. The number of aliphatic carboxylic acids is 1. The molecule has 0 saturated heterocycles. The van der Waals surface area contributed by atoms with Crippen molar-refractivity contribution in [3.05, 3.63) is 15.6 Å². The molecule has 1 aromatic heterocycles. The molecule has 0 radical (unpaired) electrons. The van der Waals surface area contributed by atoms with Crippen LogP contribution in [0.15, 0.2) is 0 Å². The molecular formula is C17H24N2O3S. The molecule has 5 nitrogen and oxygen atoms in total. The van der Waals surface area contributed by atoms with Gasteiger partial charge in [0.2, 0.25) is 0 Å². The van der Waals surface area contributed by atoms with Gasteiger partial charge >= 0.3 is 5.97 Å². The van der Waals surface area contributed by atoms with Gasteiger partial charge in [-0.25, -0.2) is 4.98 Å². The van der Waals surface area contributed by atoms with E-state index in [2.05, 4.69) is 10.3 Å². The van der Waals surface area contributed by atoms with Crippen LogP contribution < -0.4 is 5.32 Å². The highest BCUT2D eigenvalue weighted by atomic mass is 32.1. The van der Waals surface area contributed by atoms with E-state index in [9.17, 15) is 9.59 Å². The van der Waals surface area contributed by atoms with Gasteiger partial charge < -0.3 is 10.4 Å². The average Bonchev–Trinajstić information content (AvgIpc) is 3.18. The van der Waals surface area contributed by atoms with Crippen LogP contribution in [-0.4, -0.2) is 27.5 Å². The summed E-state index contributed by atoms with van der Waals surface area (Å²) in [5.74, 6) is -0.494. The van der Waals surface area contributed by atoms with Crippen molar-refractivity contribution >= 4 is 23.2 Å². The monoisotopic (exact) mass is 336 g/mol. The number of carboxylic acids is 1. The summed E-state index contributed by atoms with van der Waals surface area (Å²) in [5.41, 5.74) is 0.199. The maximum Gasteiger partial charge on any atom is 0.305 e. The molecule has 126 valence electrons. The first-order valence-corrected chi connectivity index (χ1v) is 9.32. The van der Waals surface area contributed by atoms with Crippen LogP contribution in [0.5, 0.6) is 0 Å². The van der Waals surface area contributed by atoms with Crippen molar-refractivity contribution in [2.45, 2.75) is 76.2 Å². The molecule has 3 rings (SSSR count). The van der Waals surface area contributed by atoms with Crippen LogP contribution in [0.3, 0.4) is 0 Å². The molecular weight excluding hydrogens is 312 g/mol. The van der Waals surface area contributed by atoms with Crippen molar-refractivity contribution in [2.75, 3.05) is 0 Å². The third kappa shape index (κ3) is 3.57. The second-order valence-electron chi connectivity index (χ2n) is 6.96. The molecule has 1 aromatic rings. The van der Waals surface area contributed by atoms with Gasteiger partial charge in [0.1, 0.15) is 4.88 Å². The van der Waals surface area contributed by atoms with Crippen LogP contribution in [0.25, 0.3) is 0 Å². The smallest absolute Gasteiger partial charge is 0.305 e. The van der Waals surface area contributed by atoms with E-state index >= 15 is 0 Å². The van der Waals surface area contributed by atoms with Gasteiger partial charge in [-0.2, -0.15) is 0 Å². The number of carboxylic acid groups (broad SMARTS) is 1. The Morgan fingerprint density at radius 1 is 1.26 bits per heavy atom. The summed E-state index contributed by atoms with van der Waals surface area (Å²) in [6.45, 7) is 1.88. The Balaban J connectivity index is 1.75. The van der Waals surface area contributed by atoms with Crippen LogP contribution in [-0.2, 0) is 4.79 Å². The minimum Gasteiger partial charge on any atom is -0.481 e. The summed E-state index contributed by atoms with van der Waals surface area (Å²) in [7, 11) is 0. The Hall–Kier alpha value is -1.43. The fourth-order valence-corrected chi connectivity index (χ4v) is 5.09. The van der Waals surface area contributed by atoms with Gasteiger partial charge in [-0.3, -0.25) is 9.59 Å². The number of thiazole rings is 1. The number of carbonyl (C=O) groups is 2. The lowest BCUT2D eigenvalue weighted by Gasteiger charge is -2.28. The Morgan fingerprint density at radius 2 is 1.91 bits per heavy atom. The Bertz CT molecular complexity index is 599. The number of aryl methyl sites for hydroxylation is 1. The molecule has 0 aromatic carbocycles. The van der Waals surface area contributed by atoms with Gasteiger partial charge in [-0.1, -0.05) is 25.7 Å². The maximum atomic E-state index is 12.7. The minimum absolute atomic E-state index is 0.00603. The van der Waals surface area contributed by atoms with Gasteiger partial charge in [0.15, 0.2) is 0 Å². The Morgan fingerprint density at radius 3 is 2.52 bits per heavy atom. The fraction of sp³-hybridized carbons (Fsp3) is 0.706. The van der Waals surface area contributed by atoms with E-state index in [4.69, 9.17) is 5.11 Å². The standard InChI is InChI=1S/C17H24N2O3S/c1-11-14(23-16(18-11)12-6-2-3-7-12)15(22)19-17(10-13(20)21)8-4-5-9-17/h12H,2-10H2,1H3,(H,19,22)(H,20,21). The zero-order valence-electron chi connectivity index (χ0n) is 13.6. The van der Waals surface area contributed by atoms with Crippen LogP contribution in [0, 0.1) is 6.92 Å². The van der Waals surface area contributed by atoms with Gasteiger partial charge in [-0.15, -0.1) is 11.3 Å². The third-order valence-electron chi connectivity index (χ3n) is 5.15. The van der Waals surface area contributed by atoms with Gasteiger partial charge in [0.25, 0.3) is 5.91 Å². The molecule has 2 N–H and O–H groups in total. The van der Waals surface area contributed by atoms with Crippen LogP contribution in [0.4, 0.5) is 0 Å². The molecule has 0 spiro atoms. The van der Waals surface area contributed by atoms with Crippen molar-refractivity contribution in [1.82, 2.24) is 10.3 Å². The van der Waals surface area contributed by atoms with Crippen molar-refractivity contribution < 1.29 is 14.7 Å². The zero-order chi connectivity index (χ0) is 16.4. The molecule has 0 atom stereocenters. The second-order valence-corrected chi connectivity index (χ2v) is 7.99. The van der Waals surface area contributed by atoms with Crippen LogP contribution in [0.2, 0.25) is 0 Å². The van der Waals surface area contributed by atoms with Gasteiger partial charge in [0, 0.05) is 5.92 Å². The summed E-state index contributed by atoms with van der Waals surface area (Å²) in [6.07, 6.45) is 8.26. The van der Waals surface area contributed by atoms with E-state index in [0.29, 0.717) is 10.8 Å². The number of rotatable bonds is 5. The zero-order valence-corrected chi connectivity index (χ0v) is 14.4. The van der Waals surface area contributed by atoms with E-state index in [-0.39, 0.29) is 12.3 Å². The Kier molecular flexibility index (Phi) is 4.71. The predicted molar refractivity (Wildman–Crippen MR) is 89.0 cm³/mol. The summed E-state index contributed by atoms with van der Waals surface area (Å²) in [5, 5.41) is 13.3. The lowest BCUT2D eigenvalue weighted by atomic mass is 9.93. The highest BCUT2D eigenvalue weighted by molar-refractivity contribution is 7.13. The van der Waals surface area contributed by atoms with E-state index in [1.54, 1.807) is 0 Å². The molecule has 1 heterocycles. The lowest BCUT2D eigenvalue weighted by Crippen LogP contribution is -2.47. The molecule has 6 heteroatoms. The number of nitrogens with zero attached hydrogens (tertiary/aromatic N) is 1. The third-order valence-corrected chi connectivity index (χ3v) is 6.47. The molecule has 2 fully saturated rings. The predicted octanol–water partition coefficient (Wildman–Crippen LogP) is 3.63. The number of hydrogen-bond acceptors (Lipinski definition) is 4. The molecule has 2 aliphatic rings. The normalized spacial score (nSPS) is 20.7. The first kappa shape index (κ1) is 16.4. The number of nitrogens with one attached hydrogen (secondary N) is 1. The topological polar surface area (TPSA) is 79.3 Å². The summed E-state index contributed by atoms with van der Waals surface area (Å²) in [4.78, 5) is 29.1. The molecule has 0 aliphatic heterocycles. The van der Waals surface area contributed by atoms with E-state index < -0.39 is 11.5 Å². The summed E-state index contributed by atoms with van der Waals surface area (Å²) in [6, 6.07) is 0. The molecule has 1 amide bonds. The number of carbonyl (C=O) groups excluding carboxylic acids is 1. The quantitative estimate of drug-likeness (QED) is 0.860. The van der Waals surface area contributed by atoms with E-state index in [1.807, 2.05) is 6.92 Å². The largest absolute Gasteiger partial charge is 0.481 e. The number of amides is 1. The highest BCUT2D eigenvalue weighted by Gasteiger charge is 2.38. The van der Waals surface area contributed by atoms with Crippen molar-refractivity contribution in [2.24, 2.45) is 0 Å². The van der Waals surface area contributed by atoms with E-state index in [0.717, 1.165) is 49.2 Å². The first-order chi connectivity index (χ1) is 11.0.